The minimum absolute atomic E-state index is 0.697. The van der Waals surface area contributed by atoms with E-state index in [0.29, 0.717) is 5.82 Å². The molecule has 0 amide bonds. The van der Waals surface area contributed by atoms with Crippen molar-refractivity contribution in [1.82, 2.24) is 24.6 Å². The summed E-state index contributed by atoms with van der Waals surface area (Å²) in [7, 11) is 4.09. The second kappa shape index (κ2) is 6.78. The summed E-state index contributed by atoms with van der Waals surface area (Å²) in [5.74, 6) is 1.52. The highest BCUT2D eigenvalue weighted by Gasteiger charge is 2.18. The third kappa shape index (κ3) is 3.44. The first-order chi connectivity index (χ1) is 11.1. The lowest BCUT2D eigenvalue weighted by Gasteiger charge is -2.10. The maximum atomic E-state index is 6.44. The Bertz CT molecular complexity index is 794. The van der Waals surface area contributed by atoms with Gasteiger partial charge in [0, 0.05) is 24.5 Å². The summed E-state index contributed by atoms with van der Waals surface area (Å²) < 4.78 is 1.94. The summed E-state index contributed by atoms with van der Waals surface area (Å²) >= 11 is 8.05. The number of halogens is 1. The number of hydrogen-bond acceptors (Lipinski definition) is 5. The van der Waals surface area contributed by atoms with Gasteiger partial charge in [0.15, 0.2) is 11.6 Å². The number of aryl methyl sites for hydroxylation is 1. The summed E-state index contributed by atoms with van der Waals surface area (Å²) in [5.41, 5.74) is 2.02. The maximum Gasteiger partial charge on any atom is 0.181 e. The van der Waals surface area contributed by atoms with E-state index in [1.54, 1.807) is 23.7 Å². The lowest BCUT2D eigenvalue weighted by Crippen LogP contribution is -2.19. The molecule has 7 heteroatoms. The first-order valence-electron chi connectivity index (χ1n) is 7.30. The van der Waals surface area contributed by atoms with Gasteiger partial charge in [0.1, 0.15) is 0 Å². The van der Waals surface area contributed by atoms with E-state index in [-0.39, 0.29) is 0 Å². The van der Waals surface area contributed by atoms with Gasteiger partial charge in [-0.25, -0.2) is 9.67 Å². The normalized spacial score (nSPS) is 11.3. The van der Waals surface area contributed by atoms with Crippen LogP contribution < -0.4 is 0 Å². The van der Waals surface area contributed by atoms with Crippen molar-refractivity contribution in [2.24, 2.45) is 0 Å². The highest BCUT2D eigenvalue weighted by atomic mass is 35.5. The predicted octanol–water partition coefficient (Wildman–Crippen LogP) is 3.59. The van der Waals surface area contributed by atoms with E-state index < -0.39 is 0 Å². The van der Waals surface area contributed by atoms with Gasteiger partial charge in [-0.3, -0.25) is 4.98 Å². The number of likely N-dealkylation sites (N-methyl/N-ethyl adjacent to an activating group) is 1. The SMILES string of the molecule is Cc1csc(-c2nc(-c3ccncc3)nn2CCN(C)C)c1Cl. The number of nitrogens with zero attached hydrogens (tertiary/aromatic N) is 5. The quantitative estimate of drug-likeness (QED) is 0.707. The van der Waals surface area contributed by atoms with Crippen molar-refractivity contribution < 1.29 is 0 Å². The smallest absolute Gasteiger partial charge is 0.181 e. The standard InChI is InChI=1S/C16H18ClN5S/c1-11-10-23-14(13(11)17)16-19-15(12-4-6-18-7-5-12)20-22(16)9-8-21(2)3/h4-7,10H,8-9H2,1-3H3. The van der Waals surface area contributed by atoms with Crippen LogP contribution in [0.3, 0.4) is 0 Å². The van der Waals surface area contributed by atoms with E-state index in [1.165, 1.54) is 0 Å². The van der Waals surface area contributed by atoms with Gasteiger partial charge in [0.2, 0.25) is 0 Å². The van der Waals surface area contributed by atoms with Crippen LogP contribution in [-0.4, -0.2) is 45.3 Å². The van der Waals surface area contributed by atoms with Crippen molar-refractivity contribution >= 4 is 22.9 Å². The molecule has 0 unspecified atom stereocenters. The van der Waals surface area contributed by atoms with Crippen LogP contribution in [0.2, 0.25) is 5.02 Å². The lowest BCUT2D eigenvalue weighted by atomic mass is 10.2. The number of thiophene rings is 1. The Labute approximate surface area is 144 Å². The Morgan fingerprint density at radius 1 is 1.26 bits per heavy atom. The highest BCUT2D eigenvalue weighted by molar-refractivity contribution is 7.14. The van der Waals surface area contributed by atoms with E-state index in [4.69, 9.17) is 16.6 Å². The molecule has 0 N–H and O–H groups in total. The van der Waals surface area contributed by atoms with Crippen molar-refractivity contribution in [1.29, 1.82) is 0 Å². The van der Waals surface area contributed by atoms with E-state index in [0.717, 1.165) is 39.9 Å². The molecule has 0 radical (unpaired) electrons. The van der Waals surface area contributed by atoms with Gasteiger partial charge in [0.05, 0.1) is 16.4 Å². The van der Waals surface area contributed by atoms with Crippen LogP contribution in [0.25, 0.3) is 22.1 Å². The summed E-state index contributed by atoms with van der Waals surface area (Å²) in [4.78, 5) is 11.9. The van der Waals surface area contributed by atoms with Crippen LogP contribution in [-0.2, 0) is 6.54 Å². The Morgan fingerprint density at radius 2 is 2.00 bits per heavy atom. The first-order valence-corrected chi connectivity index (χ1v) is 8.56. The van der Waals surface area contributed by atoms with E-state index in [1.807, 2.05) is 37.8 Å². The van der Waals surface area contributed by atoms with E-state index >= 15 is 0 Å². The van der Waals surface area contributed by atoms with Crippen molar-refractivity contribution in [3.8, 4) is 22.1 Å². The second-order valence-electron chi connectivity index (χ2n) is 5.58. The molecule has 3 aromatic heterocycles. The molecule has 0 aromatic carbocycles. The number of rotatable bonds is 5. The average Bonchev–Trinajstić information content (AvgIpc) is 3.11. The van der Waals surface area contributed by atoms with Gasteiger partial charge in [-0.1, -0.05) is 11.6 Å². The van der Waals surface area contributed by atoms with Crippen LogP contribution in [0.4, 0.5) is 0 Å². The summed E-state index contributed by atoms with van der Waals surface area (Å²) in [6.45, 7) is 3.65. The molecular formula is C16H18ClN5S. The zero-order valence-corrected chi connectivity index (χ0v) is 14.9. The zero-order valence-electron chi connectivity index (χ0n) is 13.3. The molecule has 3 aromatic rings. The number of pyridine rings is 1. The molecule has 3 rings (SSSR count). The van der Waals surface area contributed by atoms with Crippen LogP contribution in [0.5, 0.6) is 0 Å². The van der Waals surface area contributed by atoms with Gasteiger partial charge in [0.25, 0.3) is 0 Å². The highest BCUT2D eigenvalue weighted by Crippen LogP contribution is 2.36. The molecule has 0 fully saturated rings. The lowest BCUT2D eigenvalue weighted by molar-refractivity contribution is 0.374. The Morgan fingerprint density at radius 3 is 2.61 bits per heavy atom. The van der Waals surface area contributed by atoms with Crippen molar-refractivity contribution in [2.75, 3.05) is 20.6 Å². The fraction of sp³-hybridized carbons (Fsp3) is 0.312. The average molecular weight is 348 g/mol. The summed E-state index contributed by atoms with van der Waals surface area (Å²) in [6.07, 6.45) is 3.50. The molecule has 120 valence electrons. The Hall–Kier alpha value is -1.76. The Kier molecular flexibility index (Phi) is 4.75. The molecule has 0 aliphatic carbocycles. The largest absolute Gasteiger partial charge is 0.308 e. The van der Waals surface area contributed by atoms with Gasteiger partial charge in [-0.15, -0.1) is 11.3 Å². The molecule has 0 aliphatic rings. The molecule has 0 saturated carbocycles. The van der Waals surface area contributed by atoms with Crippen molar-refractivity contribution in [3.05, 3.63) is 40.5 Å². The second-order valence-corrected chi connectivity index (χ2v) is 6.84. The van der Waals surface area contributed by atoms with Gasteiger partial charge >= 0.3 is 0 Å². The Balaban J connectivity index is 2.05. The molecular weight excluding hydrogens is 330 g/mol. The van der Waals surface area contributed by atoms with Crippen LogP contribution in [0.15, 0.2) is 29.9 Å². The zero-order chi connectivity index (χ0) is 16.4. The third-order valence-electron chi connectivity index (χ3n) is 3.47. The summed E-state index contributed by atoms with van der Waals surface area (Å²) in [5, 5.41) is 7.49. The fourth-order valence-corrected chi connectivity index (χ4v) is 3.44. The van der Waals surface area contributed by atoms with E-state index in [2.05, 4.69) is 20.4 Å². The predicted molar refractivity (Wildman–Crippen MR) is 94.9 cm³/mol. The molecule has 0 saturated heterocycles. The number of aromatic nitrogens is 4. The molecule has 0 bridgehead atoms. The maximum absolute atomic E-state index is 6.44. The van der Waals surface area contributed by atoms with Crippen LogP contribution in [0, 0.1) is 6.92 Å². The van der Waals surface area contributed by atoms with E-state index in [9.17, 15) is 0 Å². The van der Waals surface area contributed by atoms with Gasteiger partial charge in [-0.2, -0.15) is 5.10 Å². The van der Waals surface area contributed by atoms with Crippen LogP contribution >= 0.6 is 22.9 Å². The first kappa shape index (κ1) is 16.1. The monoisotopic (exact) mass is 347 g/mol. The topological polar surface area (TPSA) is 46.8 Å². The molecule has 23 heavy (non-hydrogen) atoms. The van der Waals surface area contributed by atoms with Gasteiger partial charge < -0.3 is 4.90 Å². The van der Waals surface area contributed by atoms with Crippen LogP contribution in [0.1, 0.15) is 5.56 Å². The molecule has 5 nitrogen and oxygen atoms in total. The fourth-order valence-electron chi connectivity index (χ4n) is 2.16. The third-order valence-corrected chi connectivity index (χ3v) is 5.16. The molecule has 3 heterocycles. The molecule has 0 atom stereocenters. The van der Waals surface area contributed by atoms with Crippen molar-refractivity contribution in [2.45, 2.75) is 13.5 Å². The molecule has 0 aliphatic heterocycles. The van der Waals surface area contributed by atoms with Crippen molar-refractivity contribution in [3.63, 3.8) is 0 Å². The minimum atomic E-state index is 0.697. The van der Waals surface area contributed by atoms with Gasteiger partial charge in [-0.05, 0) is 44.1 Å². The summed E-state index contributed by atoms with van der Waals surface area (Å²) in [6, 6.07) is 3.83. The number of hydrogen-bond donors (Lipinski definition) is 0. The minimum Gasteiger partial charge on any atom is -0.308 e. The molecule has 0 spiro atoms.